The van der Waals surface area contributed by atoms with E-state index in [0.29, 0.717) is 23.1 Å². The molecule has 1 N–H and O–H groups in total. The molecular formula is C15H17F2N3. The topological polar surface area (TPSA) is 37.8 Å². The zero-order valence-corrected chi connectivity index (χ0v) is 11.7. The summed E-state index contributed by atoms with van der Waals surface area (Å²) in [5, 5.41) is 2.96. The summed E-state index contributed by atoms with van der Waals surface area (Å²) >= 11 is 0. The maximum absolute atomic E-state index is 13.3. The highest BCUT2D eigenvalue weighted by molar-refractivity contribution is 5.57. The third-order valence-electron chi connectivity index (χ3n) is 2.83. The van der Waals surface area contributed by atoms with Gasteiger partial charge in [-0.05, 0) is 30.5 Å². The lowest BCUT2D eigenvalue weighted by molar-refractivity contribution is 0.509. The van der Waals surface area contributed by atoms with Crippen molar-refractivity contribution in [3.8, 4) is 11.4 Å². The van der Waals surface area contributed by atoms with Crippen molar-refractivity contribution in [3.63, 3.8) is 0 Å². The van der Waals surface area contributed by atoms with Crippen molar-refractivity contribution in [2.24, 2.45) is 5.92 Å². The maximum atomic E-state index is 13.3. The molecule has 1 aromatic carbocycles. The zero-order chi connectivity index (χ0) is 14.7. The molecule has 20 heavy (non-hydrogen) atoms. The van der Waals surface area contributed by atoms with Crippen molar-refractivity contribution in [3.05, 3.63) is 41.6 Å². The third-order valence-corrected chi connectivity index (χ3v) is 2.83. The van der Waals surface area contributed by atoms with Gasteiger partial charge < -0.3 is 5.32 Å². The fraction of sp³-hybridized carbons (Fsp3) is 0.333. The van der Waals surface area contributed by atoms with E-state index in [4.69, 9.17) is 0 Å². The smallest absolute Gasteiger partial charge is 0.161 e. The Hall–Kier alpha value is -2.04. The van der Waals surface area contributed by atoms with Gasteiger partial charge >= 0.3 is 0 Å². The van der Waals surface area contributed by atoms with E-state index in [-0.39, 0.29) is 0 Å². The number of rotatable bonds is 4. The molecule has 0 atom stereocenters. The number of halogens is 2. The van der Waals surface area contributed by atoms with E-state index in [1.807, 2.05) is 6.07 Å². The molecule has 0 aliphatic heterocycles. The molecule has 5 heteroatoms. The van der Waals surface area contributed by atoms with E-state index >= 15 is 0 Å². The first kappa shape index (κ1) is 14.4. The van der Waals surface area contributed by atoms with Gasteiger partial charge in [-0.25, -0.2) is 18.7 Å². The van der Waals surface area contributed by atoms with Crippen LogP contribution in [0.15, 0.2) is 24.3 Å². The normalized spacial score (nSPS) is 10.9. The number of hydrogen-bond donors (Lipinski definition) is 1. The Morgan fingerprint density at radius 1 is 1.10 bits per heavy atom. The molecule has 0 amide bonds. The molecule has 3 nitrogen and oxygen atoms in total. The average molecular weight is 277 g/mol. The van der Waals surface area contributed by atoms with Crippen LogP contribution in [0.3, 0.4) is 0 Å². The second-order valence-corrected chi connectivity index (χ2v) is 5.04. The van der Waals surface area contributed by atoms with Gasteiger partial charge in [0.1, 0.15) is 5.82 Å². The number of nitrogens with zero attached hydrogens (tertiary/aromatic N) is 2. The van der Waals surface area contributed by atoms with E-state index in [1.54, 1.807) is 7.05 Å². The minimum atomic E-state index is -0.897. The minimum absolute atomic E-state index is 0.395. The molecule has 2 rings (SSSR count). The largest absolute Gasteiger partial charge is 0.373 e. The number of nitrogens with one attached hydrogen (secondary N) is 1. The highest BCUT2D eigenvalue weighted by Crippen LogP contribution is 2.21. The molecule has 1 heterocycles. The van der Waals surface area contributed by atoms with Gasteiger partial charge in [-0.1, -0.05) is 13.8 Å². The number of anilines is 1. The minimum Gasteiger partial charge on any atom is -0.373 e. The van der Waals surface area contributed by atoms with Crippen molar-refractivity contribution < 1.29 is 8.78 Å². The molecule has 2 aromatic rings. The second kappa shape index (κ2) is 5.94. The van der Waals surface area contributed by atoms with E-state index in [1.165, 1.54) is 6.07 Å². The molecule has 106 valence electrons. The maximum Gasteiger partial charge on any atom is 0.161 e. The molecule has 0 spiro atoms. The Morgan fingerprint density at radius 3 is 2.45 bits per heavy atom. The molecule has 0 radical (unpaired) electrons. The van der Waals surface area contributed by atoms with Crippen molar-refractivity contribution in [1.29, 1.82) is 0 Å². The Labute approximate surface area is 117 Å². The monoisotopic (exact) mass is 277 g/mol. The Morgan fingerprint density at radius 2 is 1.85 bits per heavy atom. The summed E-state index contributed by atoms with van der Waals surface area (Å²) in [5.74, 6) is -0.263. The van der Waals surface area contributed by atoms with Crippen LogP contribution in [-0.2, 0) is 6.42 Å². The van der Waals surface area contributed by atoms with Crippen LogP contribution >= 0.6 is 0 Å². The second-order valence-electron chi connectivity index (χ2n) is 5.04. The molecule has 1 aromatic heterocycles. The Kier molecular flexibility index (Phi) is 4.27. The fourth-order valence-electron chi connectivity index (χ4n) is 1.91. The third kappa shape index (κ3) is 3.29. The first-order valence-corrected chi connectivity index (χ1v) is 6.50. The number of benzene rings is 1. The highest BCUT2D eigenvalue weighted by atomic mass is 19.2. The van der Waals surface area contributed by atoms with E-state index in [0.717, 1.165) is 24.2 Å². The molecule has 0 saturated heterocycles. The standard InChI is InChI=1S/C15H17F2N3/c1-9(2)6-11-8-14(18-3)20-15(19-11)10-4-5-12(16)13(17)7-10/h4-5,7-9H,6H2,1-3H3,(H,18,19,20). The van der Waals surface area contributed by atoms with Gasteiger partial charge in [-0.3, -0.25) is 0 Å². The fourth-order valence-corrected chi connectivity index (χ4v) is 1.91. The lowest BCUT2D eigenvalue weighted by Crippen LogP contribution is -2.04. The van der Waals surface area contributed by atoms with E-state index in [9.17, 15) is 8.78 Å². The predicted octanol–water partition coefficient (Wildman–Crippen LogP) is 3.66. The van der Waals surface area contributed by atoms with Crippen LogP contribution in [0.25, 0.3) is 11.4 Å². The van der Waals surface area contributed by atoms with Gasteiger partial charge in [0.05, 0.1) is 0 Å². The van der Waals surface area contributed by atoms with Crippen LogP contribution in [-0.4, -0.2) is 17.0 Å². The van der Waals surface area contributed by atoms with Gasteiger partial charge in [-0.2, -0.15) is 0 Å². The van der Waals surface area contributed by atoms with Crippen LogP contribution < -0.4 is 5.32 Å². The summed E-state index contributed by atoms with van der Waals surface area (Å²) in [6.07, 6.45) is 0.799. The molecular weight excluding hydrogens is 260 g/mol. The van der Waals surface area contributed by atoms with Gasteiger partial charge in [0.15, 0.2) is 17.5 Å². The highest BCUT2D eigenvalue weighted by Gasteiger charge is 2.10. The summed E-state index contributed by atoms with van der Waals surface area (Å²) < 4.78 is 26.3. The molecule has 0 aliphatic carbocycles. The lowest BCUT2D eigenvalue weighted by atomic mass is 10.1. The molecule has 0 fully saturated rings. The van der Waals surface area contributed by atoms with Crippen molar-refractivity contribution in [2.75, 3.05) is 12.4 Å². The molecule has 0 saturated carbocycles. The Balaban J connectivity index is 2.46. The van der Waals surface area contributed by atoms with Crippen LogP contribution in [0.1, 0.15) is 19.5 Å². The summed E-state index contributed by atoms with van der Waals surface area (Å²) in [6.45, 7) is 4.19. The SMILES string of the molecule is CNc1cc(CC(C)C)nc(-c2ccc(F)c(F)c2)n1. The lowest BCUT2D eigenvalue weighted by Gasteiger charge is -2.09. The van der Waals surface area contributed by atoms with Gasteiger partial charge in [0.2, 0.25) is 0 Å². The van der Waals surface area contributed by atoms with E-state index in [2.05, 4.69) is 29.1 Å². The number of aromatic nitrogens is 2. The Bertz CT molecular complexity index is 612. The van der Waals surface area contributed by atoms with Crippen LogP contribution in [0.4, 0.5) is 14.6 Å². The summed E-state index contributed by atoms with van der Waals surface area (Å²) in [5.41, 5.74) is 1.34. The molecule has 0 aliphatic rings. The summed E-state index contributed by atoms with van der Waals surface area (Å²) in [4.78, 5) is 8.71. The van der Waals surface area contributed by atoms with Crippen LogP contribution in [0, 0.1) is 17.6 Å². The first-order valence-electron chi connectivity index (χ1n) is 6.50. The van der Waals surface area contributed by atoms with Crippen LogP contribution in [0.5, 0.6) is 0 Å². The van der Waals surface area contributed by atoms with Gasteiger partial charge in [0.25, 0.3) is 0 Å². The first-order chi connectivity index (χ1) is 9.49. The predicted molar refractivity (Wildman–Crippen MR) is 75.5 cm³/mol. The quantitative estimate of drug-likeness (QED) is 0.926. The average Bonchev–Trinajstić information content (AvgIpc) is 2.40. The van der Waals surface area contributed by atoms with Crippen molar-refractivity contribution in [1.82, 2.24) is 9.97 Å². The number of hydrogen-bond acceptors (Lipinski definition) is 3. The van der Waals surface area contributed by atoms with Gasteiger partial charge in [-0.15, -0.1) is 0 Å². The molecule has 0 bridgehead atoms. The zero-order valence-electron chi connectivity index (χ0n) is 11.7. The molecule has 0 unspecified atom stereocenters. The van der Waals surface area contributed by atoms with Crippen LogP contribution in [0.2, 0.25) is 0 Å². The van der Waals surface area contributed by atoms with Gasteiger partial charge in [0, 0.05) is 24.4 Å². The van der Waals surface area contributed by atoms with E-state index < -0.39 is 11.6 Å². The van der Waals surface area contributed by atoms with Crippen molar-refractivity contribution in [2.45, 2.75) is 20.3 Å². The summed E-state index contributed by atoms with van der Waals surface area (Å²) in [6, 6.07) is 5.54. The summed E-state index contributed by atoms with van der Waals surface area (Å²) in [7, 11) is 1.76. The van der Waals surface area contributed by atoms with Crippen molar-refractivity contribution >= 4 is 5.82 Å².